The number of halogens is 1. The van der Waals surface area contributed by atoms with E-state index in [1.54, 1.807) is 30.5 Å². The van der Waals surface area contributed by atoms with Crippen molar-refractivity contribution in [3.05, 3.63) is 48.1 Å². The van der Waals surface area contributed by atoms with Crippen molar-refractivity contribution >= 4 is 11.1 Å². The first-order valence-corrected chi connectivity index (χ1v) is 8.22. The van der Waals surface area contributed by atoms with Crippen molar-refractivity contribution in [1.29, 1.82) is 10.5 Å². The molecule has 6 nitrogen and oxygen atoms in total. The number of pyridine rings is 1. The van der Waals surface area contributed by atoms with Crippen LogP contribution in [-0.4, -0.2) is 28.0 Å². The summed E-state index contributed by atoms with van der Waals surface area (Å²) in [6.07, 6.45) is 4.41. The molecule has 128 valence electrons. The lowest BCUT2D eigenvalue weighted by atomic mass is 9.95. The molecule has 0 saturated carbocycles. The van der Waals surface area contributed by atoms with Gasteiger partial charge in [-0.1, -0.05) is 6.07 Å². The second-order valence-electron chi connectivity index (χ2n) is 6.33. The van der Waals surface area contributed by atoms with Crippen LogP contribution in [-0.2, 0) is 5.67 Å². The monoisotopic (exact) mass is 347 g/mol. The van der Waals surface area contributed by atoms with Gasteiger partial charge in [0.25, 0.3) is 0 Å². The second kappa shape index (κ2) is 6.12. The van der Waals surface area contributed by atoms with Gasteiger partial charge in [0.2, 0.25) is 11.6 Å². The van der Waals surface area contributed by atoms with Crippen LogP contribution >= 0.6 is 0 Å². The van der Waals surface area contributed by atoms with Gasteiger partial charge in [-0.3, -0.25) is 0 Å². The van der Waals surface area contributed by atoms with Crippen LogP contribution in [0, 0.1) is 22.8 Å². The summed E-state index contributed by atoms with van der Waals surface area (Å²) in [6, 6.07) is 10.9. The molecule has 0 spiro atoms. The van der Waals surface area contributed by atoms with Crippen molar-refractivity contribution in [1.82, 2.24) is 14.9 Å². The summed E-state index contributed by atoms with van der Waals surface area (Å²) in [5.41, 5.74) is 1.23. The molecular weight excluding hydrogens is 333 g/mol. The molecule has 26 heavy (non-hydrogen) atoms. The highest BCUT2D eigenvalue weighted by Crippen LogP contribution is 2.37. The zero-order valence-electron chi connectivity index (χ0n) is 13.8. The lowest BCUT2D eigenvalue weighted by Gasteiger charge is -2.31. The number of oxazole rings is 1. The van der Waals surface area contributed by atoms with Gasteiger partial charge < -0.3 is 9.32 Å². The van der Waals surface area contributed by atoms with Crippen LogP contribution in [0.5, 0.6) is 0 Å². The van der Waals surface area contributed by atoms with Gasteiger partial charge >= 0.3 is 0 Å². The minimum atomic E-state index is -1.77. The van der Waals surface area contributed by atoms with E-state index in [-0.39, 0.29) is 18.9 Å². The van der Waals surface area contributed by atoms with Crippen molar-refractivity contribution < 1.29 is 8.81 Å². The molecule has 3 heterocycles. The highest BCUT2D eigenvalue weighted by Gasteiger charge is 2.41. The van der Waals surface area contributed by atoms with E-state index >= 15 is 4.39 Å². The van der Waals surface area contributed by atoms with Gasteiger partial charge in [0.05, 0.1) is 6.54 Å². The molecule has 1 aliphatic heterocycles. The third-order valence-corrected chi connectivity index (χ3v) is 4.56. The number of rotatable bonds is 2. The van der Waals surface area contributed by atoms with Crippen molar-refractivity contribution in [3.8, 4) is 23.4 Å². The number of piperidine rings is 1. The molecule has 0 aliphatic carbocycles. The van der Waals surface area contributed by atoms with Crippen LogP contribution in [0.4, 0.5) is 4.39 Å². The Balaban J connectivity index is 1.72. The molecular formula is C19H14FN5O. The molecule has 4 rings (SSSR count). The minimum absolute atomic E-state index is 0.0112. The zero-order valence-corrected chi connectivity index (χ0v) is 13.8. The molecule has 0 bridgehead atoms. The van der Waals surface area contributed by atoms with Gasteiger partial charge in [0.1, 0.15) is 17.3 Å². The summed E-state index contributed by atoms with van der Waals surface area (Å²) in [5.74, 6) is 0.0112. The van der Waals surface area contributed by atoms with E-state index in [2.05, 4.69) is 9.97 Å². The molecule has 0 amide bonds. The van der Waals surface area contributed by atoms with Gasteiger partial charge in [0, 0.05) is 12.7 Å². The predicted molar refractivity (Wildman–Crippen MR) is 91.2 cm³/mol. The molecule has 1 aliphatic rings. The molecule has 1 atom stereocenters. The maximum atomic E-state index is 15.3. The number of aromatic nitrogens is 2. The predicted octanol–water partition coefficient (Wildman–Crippen LogP) is 3.50. The third kappa shape index (κ3) is 2.74. The van der Waals surface area contributed by atoms with Gasteiger partial charge in [-0.2, -0.15) is 10.5 Å². The number of likely N-dealkylation sites (tertiary alicyclic amines) is 1. The maximum absolute atomic E-state index is 15.3. The van der Waals surface area contributed by atoms with Crippen molar-refractivity contribution in [2.45, 2.75) is 18.5 Å². The summed E-state index contributed by atoms with van der Waals surface area (Å²) in [4.78, 5) is 9.65. The van der Waals surface area contributed by atoms with E-state index < -0.39 is 5.67 Å². The summed E-state index contributed by atoms with van der Waals surface area (Å²) in [5, 5.41) is 18.0. The van der Waals surface area contributed by atoms with Gasteiger partial charge in [-0.15, -0.1) is 0 Å². The zero-order chi connectivity index (χ0) is 18.1. The fourth-order valence-corrected chi connectivity index (χ4v) is 3.24. The van der Waals surface area contributed by atoms with Gasteiger partial charge in [-0.25, -0.2) is 14.4 Å². The first-order valence-electron chi connectivity index (χ1n) is 8.22. The molecule has 7 heteroatoms. The van der Waals surface area contributed by atoms with Crippen molar-refractivity contribution in [2.75, 3.05) is 13.1 Å². The third-order valence-electron chi connectivity index (χ3n) is 4.56. The molecule has 3 aromatic rings. The Bertz CT molecular complexity index is 1060. The first-order chi connectivity index (χ1) is 12.6. The Morgan fingerprint density at radius 1 is 1.19 bits per heavy atom. The SMILES string of the molecule is N#Cc1cc(-c2ccc3nc([C@@]4(F)CCCN(C#N)C4)oc3c2)ccn1. The Hall–Kier alpha value is -3.45. The van der Waals surface area contributed by atoms with Crippen LogP contribution in [0.1, 0.15) is 24.4 Å². The van der Waals surface area contributed by atoms with Crippen LogP contribution in [0.15, 0.2) is 40.9 Å². The Morgan fingerprint density at radius 3 is 2.85 bits per heavy atom. The lowest BCUT2D eigenvalue weighted by molar-refractivity contribution is 0.0451. The topological polar surface area (TPSA) is 89.7 Å². The Labute approximate surface area is 149 Å². The normalized spacial score (nSPS) is 19.9. The summed E-state index contributed by atoms with van der Waals surface area (Å²) in [6.45, 7) is 0.509. The summed E-state index contributed by atoms with van der Waals surface area (Å²) >= 11 is 0. The molecule has 0 radical (unpaired) electrons. The number of benzene rings is 1. The smallest absolute Gasteiger partial charge is 0.235 e. The fraction of sp³-hybridized carbons (Fsp3) is 0.263. The van der Waals surface area contributed by atoms with Gasteiger partial charge in [-0.05, 0) is 48.2 Å². The van der Waals surface area contributed by atoms with Crippen LogP contribution in [0.2, 0.25) is 0 Å². The average molecular weight is 347 g/mol. The highest BCUT2D eigenvalue weighted by atomic mass is 19.1. The van der Waals surface area contributed by atoms with E-state index in [9.17, 15) is 0 Å². The van der Waals surface area contributed by atoms with Gasteiger partial charge in [0.15, 0.2) is 11.8 Å². The van der Waals surface area contributed by atoms with E-state index in [4.69, 9.17) is 14.9 Å². The molecule has 0 unspecified atom stereocenters. The molecule has 0 N–H and O–H groups in total. The molecule has 2 aromatic heterocycles. The quantitative estimate of drug-likeness (QED) is 0.659. The Kier molecular flexibility index (Phi) is 3.78. The Morgan fingerprint density at radius 2 is 2.04 bits per heavy atom. The van der Waals surface area contributed by atoms with Crippen molar-refractivity contribution in [2.24, 2.45) is 0 Å². The van der Waals surface area contributed by atoms with E-state index in [0.717, 1.165) is 11.1 Å². The lowest BCUT2D eigenvalue weighted by Crippen LogP contribution is -2.41. The molecule has 1 fully saturated rings. The standard InChI is InChI=1S/C19H14FN5O/c20-19(5-1-7-25(11-19)12-22)18-24-16-3-2-13(9-17(16)26-18)14-4-6-23-15(8-14)10-21/h2-4,6,8-9H,1,5,7,11H2/t19-/m1/s1. The number of hydrogen-bond donors (Lipinski definition) is 0. The molecule has 1 saturated heterocycles. The number of nitrogens with zero attached hydrogens (tertiary/aromatic N) is 5. The van der Waals surface area contributed by atoms with Crippen LogP contribution < -0.4 is 0 Å². The number of alkyl halides is 1. The second-order valence-corrected chi connectivity index (χ2v) is 6.33. The largest absolute Gasteiger partial charge is 0.437 e. The number of nitriles is 2. The number of fused-ring (bicyclic) bond motifs is 1. The average Bonchev–Trinajstić information content (AvgIpc) is 3.12. The summed E-state index contributed by atoms with van der Waals surface area (Å²) < 4.78 is 21.0. The molecule has 1 aromatic carbocycles. The van der Waals surface area contributed by atoms with E-state index in [1.807, 2.05) is 18.3 Å². The number of hydrogen-bond acceptors (Lipinski definition) is 6. The fourth-order valence-electron chi connectivity index (χ4n) is 3.24. The highest BCUT2D eigenvalue weighted by molar-refractivity contribution is 5.80. The van der Waals surface area contributed by atoms with Crippen LogP contribution in [0.25, 0.3) is 22.2 Å². The minimum Gasteiger partial charge on any atom is -0.437 e. The van der Waals surface area contributed by atoms with Crippen LogP contribution in [0.3, 0.4) is 0 Å². The van der Waals surface area contributed by atoms with Crippen molar-refractivity contribution in [3.63, 3.8) is 0 Å². The maximum Gasteiger partial charge on any atom is 0.235 e. The summed E-state index contributed by atoms with van der Waals surface area (Å²) in [7, 11) is 0. The van der Waals surface area contributed by atoms with E-state index in [1.165, 1.54) is 4.90 Å². The van der Waals surface area contributed by atoms with E-state index in [0.29, 0.717) is 29.8 Å². The first kappa shape index (κ1) is 16.0.